The molecule has 1 aromatic carbocycles. The Hall–Kier alpha value is -1.57. The molecule has 0 aliphatic carbocycles. The number of halogens is 1. The van der Waals surface area contributed by atoms with Gasteiger partial charge in [0.2, 0.25) is 0 Å². The van der Waals surface area contributed by atoms with Crippen LogP contribution in [0.25, 0.3) is 11.6 Å². The molecule has 102 valence electrons. The van der Waals surface area contributed by atoms with Gasteiger partial charge < -0.3 is 10.3 Å². The van der Waals surface area contributed by atoms with Crippen LogP contribution in [0.2, 0.25) is 0 Å². The van der Waals surface area contributed by atoms with Crippen LogP contribution in [0.5, 0.6) is 0 Å². The summed E-state index contributed by atoms with van der Waals surface area (Å²) in [6.07, 6.45) is 0.622. The quantitative estimate of drug-likeness (QED) is 0.782. The van der Waals surface area contributed by atoms with Crippen LogP contribution in [0.15, 0.2) is 38.6 Å². The van der Waals surface area contributed by atoms with Crippen molar-refractivity contribution in [2.45, 2.75) is 13.0 Å². The van der Waals surface area contributed by atoms with Crippen LogP contribution < -0.4 is 5.73 Å². The van der Waals surface area contributed by atoms with Crippen molar-refractivity contribution < 1.29 is 4.52 Å². The lowest BCUT2D eigenvalue weighted by molar-refractivity contribution is 0.423. The van der Waals surface area contributed by atoms with E-state index in [9.17, 15) is 0 Å². The van der Waals surface area contributed by atoms with Crippen molar-refractivity contribution in [1.29, 1.82) is 0 Å². The summed E-state index contributed by atoms with van der Waals surface area (Å²) < 4.78 is 6.27. The topological polar surface area (TPSA) is 77.8 Å². The minimum absolute atomic E-state index is 0.420. The Bertz CT molecular complexity index is 724. The van der Waals surface area contributed by atoms with E-state index in [1.807, 2.05) is 29.6 Å². The zero-order chi connectivity index (χ0) is 13.9. The lowest BCUT2D eigenvalue weighted by Crippen LogP contribution is -1.94. The number of rotatable bonds is 4. The van der Waals surface area contributed by atoms with E-state index in [4.69, 9.17) is 10.3 Å². The molecule has 0 bridgehead atoms. The van der Waals surface area contributed by atoms with E-state index in [0.717, 1.165) is 15.0 Å². The Morgan fingerprint density at radius 1 is 1.30 bits per heavy atom. The fraction of sp³-hybridized carbons (Fsp3) is 0.154. The molecule has 2 aromatic heterocycles. The van der Waals surface area contributed by atoms with Gasteiger partial charge in [-0.2, -0.15) is 4.98 Å². The summed E-state index contributed by atoms with van der Waals surface area (Å²) in [5.41, 5.74) is 7.34. The van der Waals surface area contributed by atoms with Crippen molar-refractivity contribution in [1.82, 2.24) is 15.1 Å². The minimum Gasteiger partial charge on any atom is -0.332 e. The molecule has 2 heterocycles. The highest BCUT2D eigenvalue weighted by atomic mass is 79.9. The molecule has 5 nitrogen and oxygen atoms in total. The summed E-state index contributed by atoms with van der Waals surface area (Å²) in [5.74, 6) is 1.08. The molecule has 3 aromatic rings. The normalized spacial score (nSPS) is 10.9. The highest BCUT2D eigenvalue weighted by molar-refractivity contribution is 9.10. The third-order valence-corrected chi connectivity index (χ3v) is 4.03. The van der Waals surface area contributed by atoms with Gasteiger partial charge in [0.05, 0.1) is 0 Å². The zero-order valence-corrected chi connectivity index (χ0v) is 12.8. The first-order valence-electron chi connectivity index (χ1n) is 5.96. The molecule has 20 heavy (non-hydrogen) atoms. The molecule has 0 saturated heterocycles. The largest absolute Gasteiger partial charge is 0.332 e. The number of hydrogen-bond donors (Lipinski definition) is 1. The Balaban J connectivity index is 1.80. The van der Waals surface area contributed by atoms with Crippen LogP contribution in [0, 0.1) is 0 Å². The standard InChI is InChI=1S/C13H11BrN4OS/c14-9-3-1-2-8(4-9)5-11-17-13(19-18-11)10-7-20-12(6-15)16-10/h1-4,7H,5-6,15H2. The molecule has 0 amide bonds. The van der Waals surface area contributed by atoms with E-state index in [2.05, 4.69) is 31.1 Å². The Kier molecular flexibility index (Phi) is 3.90. The van der Waals surface area contributed by atoms with Crippen LogP contribution in [-0.4, -0.2) is 15.1 Å². The maximum Gasteiger partial charge on any atom is 0.277 e. The van der Waals surface area contributed by atoms with Gasteiger partial charge in [0.25, 0.3) is 5.89 Å². The van der Waals surface area contributed by atoms with Gasteiger partial charge in [-0.25, -0.2) is 4.98 Å². The van der Waals surface area contributed by atoms with E-state index in [0.29, 0.717) is 30.4 Å². The van der Waals surface area contributed by atoms with E-state index < -0.39 is 0 Å². The van der Waals surface area contributed by atoms with Gasteiger partial charge in [0.15, 0.2) is 5.82 Å². The average molecular weight is 351 g/mol. The van der Waals surface area contributed by atoms with Gasteiger partial charge in [-0.1, -0.05) is 33.2 Å². The van der Waals surface area contributed by atoms with Crippen molar-refractivity contribution in [3.8, 4) is 11.6 Å². The molecular formula is C13H11BrN4OS. The molecule has 0 aliphatic heterocycles. The SMILES string of the molecule is NCc1nc(-c2nc(Cc3cccc(Br)c3)no2)cs1. The molecule has 0 unspecified atom stereocenters. The molecular weight excluding hydrogens is 340 g/mol. The third-order valence-electron chi connectivity index (χ3n) is 2.66. The maximum absolute atomic E-state index is 5.54. The highest BCUT2D eigenvalue weighted by Gasteiger charge is 2.12. The third kappa shape index (κ3) is 2.95. The van der Waals surface area contributed by atoms with Crippen molar-refractivity contribution in [2.24, 2.45) is 5.73 Å². The van der Waals surface area contributed by atoms with Crippen LogP contribution in [0.3, 0.4) is 0 Å². The molecule has 0 saturated carbocycles. The number of hydrogen-bond acceptors (Lipinski definition) is 6. The molecule has 7 heteroatoms. The lowest BCUT2D eigenvalue weighted by atomic mass is 10.1. The second-order valence-electron chi connectivity index (χ2n) is 4.15. The van der Waals surface area contributed by atoms with Gasteiger partial charge in [-0.3, -0.25) is 0 Å². The lowest BCUT2D eigenvalue weighted by Gasteiger charge is -1.96. The van der Waals surface area contributed by atoms with Gasteiger partial charge in [0, 0.05) is 22.8 Å². The number of nitrogens with zero attached hydrogens (tertiary/aromatic N) is 3. The summed E-state index contributed by atoms with van der Waals surface area (Å²) in [7, 11) is 0. The number of benzene rings is 1. The summed E-state index contributed by atoms with van der Waals surface area (Å²) in [5, 5.41) is 6.71. The monoisotopic (exact) mass is 350 g/mol. The molecule has 3 rings (SSSR count). The first-order chi connectivity index (χ1) is 9.74. The van der Waals surface area contributed by atoms with E-state index in [1.54, 1.807) is 0 Å². The van der Waals surface area contributed by atoms with E-state index in [1.165, 1.54) is 11.3 Å². The molecule has 0 aliphatic rings. The van der Waals surface area contributed by atoms with Gasteiger partial charge in [-0.05, 0) is 17.7 Å². The Labute approximate surface area is 128 Å². The molecule has 0 radical (unpaired) electrons. The summed E-state index contributed by atoms with van der Waals surface area (Å²) in [6, 6.07) is 8.02. The second-order valence-corrected chi connectivity index (χ2v) is 6.01. The van der Waals surface area contributed by atoms with Crippen molar-refractivity contribution >= 4 is 27.3 Å². The predicted octanol–water partition coefficient (Wildman–Crippen LogP) is 3.01. The first-order valence-corrected chi connectivity index (χ1v) is 7.64. The molecule has 0 fully saturated rings. The van der Waals surface area contributed by atoms with Crippen LogP contribution in [0.4, 0.5) is 0 Å². The number of nitrogens with two attached hydrogens (primary N) is 1. The minimum atomic E-state index is 0.420. The zero-order valence-electron chi connectivity index (χ0n) is 10.4. The van der Waals surface area contributed by atoms with E-state index >= 15 is 0 Å². The fourth-order valence-corrected chi connectivity index (χ4v) is 2.86. The summed E-state index contributed by atoms with van der Waals surface area (Å²) in [4.78, 5) is 8.69. The van der Waals surface area contributed by atoms with Crippen LogP contribution in [0.1, 0.15) is 16.4 Å². The van der Waals surface area contributed by atoms with Crippen LogP contribution >= 0.6 is 27.3 Å². The van der Waals surface area contributed by atoms with Gasteiger partial charge in [0.1, 0.15) is 10.7 Å². The Morgan fingerprint density at radius 2 is 2.20 bits per heavy atom. The van der Waals surface area contributed by atoms with Crippen molar-refractivity contribution in [3.63, 3.8) is 0 Å². The number of thiazole rings is 1. The van der Waals surface area contributed by atoms with Gasteiger partial charge in [-0.15, -0.1) is 11.3 Å². The van der Waals surface area contributed by atoms with Gasteiger partial charge >= 0.3 is 0 Å². The second kappa shape index (κ2) is 5.82. The van der Waals surface area contributed by atoms with Crippen molar-refractivity contribution in [3.05, 3.63) is 50.5 Å². The highest BCUT2D eigenvalue weighted by Crippen LogP contribution is 2.21. The molecule has 0 atom stereocenters. The van der Waals surface area contributed by atoms with Crippen molar-refractivity contribution in [2.75, 3.05) is 0 Å². The predicted molar refractivity (Wildman–Crippen MR) is 80.2 cm³/mol. The maximum atomic E-state index is 5.54. The molecule has 0 spiro atoms. The fourth-order valence-electron chi connectivity index (χ4n) is 1.76. The smallest absolute Gasteiger partial charge is 0.277 e. The summed E-state index contributed by atoms with van der Waals surface area (Å²) in [6.45, 7) is 0.420. The average Bonchev–Trinajstić information content (AvgIpc) is 3.07. The Morgan fingerprint density at radius 3 is 2.95 bits per heavy atom. The molecule has 2 N–H and O–H groups in total. The summed E-state index contributed by atoms with van der Waals surface area (Å²) >= 11 is 4.93. The first kappa shape index (κ1) is 13.4. The number of aromatic nitrogens is 3. The van der Waals surface area contributed by atoms with Crippen LogP contribution in [-0.2, 0) is 13.0 Å². The van der Waals surface area contributed by atoms with E-state index in [-0.39, 0.29) is 0 Å².